The molecule has 4 rings (SSSR count). The number of amides is 1. The minimum absolute atomic E-state index is 0.149. The van der Waals surface area contributed by atoms with E-state index in [2.05, 4.69) is 10.2 Å². The lowest BCUT2D eigenvalue weighted by Gasteiger charge is -2.35. The Kier molecular flexibility index (Phi) is 8.66. The fourth-order valence-electron chi connectivity index (χ4n) is 4.37. The monoisotopic (exact) mass is 552 g/mol. The Morgan fingerprint density at radius 3 is 2.10 bits per heavy atom. The maximum atomic E-state index is 12.8. The molecule has 206 valence electrons. The van der Waals surface area contributed by atoms with E-state index in [1.54, 1.807) is 36.4 Å². The Morgan fingerprint density at radius 1 is 0.923 bits per heavy atom. The number of benzene rings is 3. The number of nitrogens with one attached hydrogen (secondary N) is 1. The van der Waals surface area contributed by atoms with Gasteiger partial charge in [0.1, 0.15) is 5.75 Å². The summed E-state index contributed by atoms with van der Waals surface area (Å²) in [5.74, 6) is -0.754. The zero-order valence-corrected chi connectivity index (χ0v) is 22.9. The Labute approximate surface area is 228 Å². The highest BCUT2D eigenvalue weighted by Crippen LogP contribution is 2.31. The lowest BCUT2D eigenvalue weighted by Crippen LogP contribution is -2.51. The second kappa shape index (κ2) is 12.0. The van der Waals surface area contributed by atoms with Crippen molar-refractivity contribution in [1.82, 2.24) is 13.5 Å². The second-order valence-corrected chi connectivity index (χ2v) is 11.6. The summed E-state index contributed by atoms with van der Waals surface area (Å²) in [5.41, 5.74) is 3.69. The number of carbonyl (C=O) groups is 2. The van der Waals surface area contributed by atoms with E-state index >= 15 is 0 Å². The van der Waals surface area contributed by atoms with Gasteiger partial charge in [-0.25, -0.2) is 4.79 Å². The number of methoxy groups -OCH3 is 1. The third-order valence-electron chi connectivity index (χ3n) is 6.64. The zero-order valence-electron chi connectivity index (χ0n) is 22.1. The van der Waals surface area contributed by atoms with Crippen LogP contribution in [0.2, 0.25) is 0 Å². The molecule has 0 unspecified atom stereocenters. The third-order valence-corrected chi connectivity index (χ3v) is 8.58. The van der Waals surface area contributed by atoms with Gasteiger partial charge in [-0.15, -0.1) is 0 Å². The fourth-order valence-corrected chi connectivity index (χ4v) is 5.46. The van der Waals surface area contributed by atoms with E-state index < -0.39 is 16.2 Å². The molecule has 0 saturated carbocycles. The van der Waals surface area contributed by atoms with Gasteiger partial charge in [0.15, 0.2) is 0 Å². The Morgan fingerprint density at radius 2 is 1.54 bits per heavy atom. The number of carbonyl (C=O) groups excluding carboxylic acids is 1. The summed E-state index contributed by atoms with van der Waals surface area (Å²) in [4.78, 5) is 26.4. The second-order valence-electron chi connectivity index (χ2n) is 9.41. The largest absolute Gasteiger partial charge is 0.496 e. The molecular weight excluding hydrogens is 520 g/mol. The molecule has 11 heteroatoms. The molecule has 10 nitrogen and oxygen atoms in total. The van der Waals surface area contributed by atoms with Crippen LogP contribution < -0.4 is 10.1 Å². The number of hydrogen-bond donors (Lipinski definition) is 2. The Hall–Kier alpha value is -3.77. The fraction of sp³-hybridized carbons (Fsp3) is 0.286. The van der Waals surface area contributed by atoms with E-state index in [1.165, 1.54) is 35.9 Å². The molecular formula is C28H32N4O6S. The standard InChI is InChI=1S/C28H32N4O6S/c1-30(2)39(36,37)32-16-14-31(15-17-32)19-20-4-11-24(12-5-20)29-27(33)22-8-6-21(7-9-22)25-18-23(28(34)35)10-13-26(25)38-3/h4-13,18H,14-17,19H2,1-3H3,(H,29,33)(H,34,35). The van der Waals surface area contributed by atoms with Crippen LogP contribution in [-0.2, 0) is 16.8 Å². The molecule has 3 aromatic rings. The Balaban J connectivity index is 1.35. The molecule has 1 aliphatic rings. The van der Waals surface area contributed by atoms with E-state index in [9.17, 15) is 23.1 Å². The lowest BCUT2D eigenvalue weighted by molar-refractivity contribution is 0.0696. The number of nitrogens with zero attached hydrogens (tertiary/aromatic N) is 3. The van der Waals surface area contributed by atoms with Crippen LogP contribution in [0.3, 0.4) is 0 Å². The summed E-state index contributed by atoms with van der Waals surface area (Å²) in [6.07, 6.45) is 0. The molecule has 3 aromatic carbocycles. The predicted molar refractivity (Wildman–Crippen MR) is 149 cm³/mol. The minimum Gasteiger partial charge on any atom is -0.496 e. The smallest absolute Gasteiger partial charge is 0.335 e. The van der Waals surface area contributed by atoms with Crippen molar-refractivity contribution < 1.29 is 27.9 Å². The van der Waals surface area contributed by atoms with E-state index in [1.807, 2.05) is 24.3 Å². The van der Waals surface area contributed by atoms with Gasteiger partial charge in [-0.2, -0.15) is 17.0 Å². The molecule has 2 N–H and O–H groups in total. The maximum absolute atomic E-state index is 12.8. The number of carboxylic acids is 1. The molecule has 0 radical (unpaired) electrons. The molecule has 0 aromatic heterocycles. The number of aromatic carboxylic acids is 1. The summed E-state index contributed by atoms with van der Waals surface area (Å²) in [6, 6.07) is 19.1. The van der Waals surface area contributed by atoms with Crippen LogP contribution in [0.1, 0.15) is 26.3 Å². The zero-order chi connectivity index (χ0) is 28.2. The van der Waals surface area contributed by atoms with E-state index in [0.717, 1.165) is 11.1 Å². The van der Waals surface area contributed by atoms with Crippen LogP contribution in [-0.4, -0.2) is 86.3 Å². The van der Waals surface area contributed by atoms with Gasteiger partial charge in [0, 0.05) is 63.6 Å². The molecule has 1 saturated heterocycles. The van der Waals surface area contributed by atoms with Gasteiger partial charge in [0.05, 0.1) is 12.7 Å². The van der Waals surface area contributed by atoms with Gasteiger partial charge >= 0.3 is 5.97 Å². The summed E-state index contributed by atoms with van der Waals surface area (Å²) < 4.78 is 32.7. The van der Waals surface area contributed by atoms with Crippen LogP contribution in [0.4, 0.5) is 5.69 Å². The molecule has 39 heavy (non-hydrogen) atoms. The van der Waals surface area contributed by atoms with Crippen LogP contribution in [0.25, 0.3) is 11.1 Å². The van der Waals surface area contributed by atoms with Gasteiger partial charge in [-0.1, -0.05) is 24.3 Å². The SMILES string of the molecule is COc1ccc(C(=O)O)cc1-c1ccc(C(=O)Nc2ccc(CN3CCN(S(=O)(=O)N(C)C)CC3)cc2)cc1. The van der Waals surface area contributed by atoms with Crippen LogP contribution >= 0.6 is 0 Å². The molecule has 0 spiro atoms. The normalized spacial score (nSPS) is 14.8. The van der Waals surface area contributed by atoms with Crippen LogP contribution in [0, 0.1) is 0 Å². The first-order chi connectivity index (χ1) is 18.6. The molecule has 1 fully saturated rings. The van der Waals surface area contributed by atoms with E-state index in [4.69, 9.17) is 4.74 Å². The van der Waals surface area contributed by atoms with Crippen molar-refractivity contribution in [2.45, 2.75) is 6.54 Å². The van der Waals surface area contributed by atoms with Gasteiger partial charge in [0.2, 0.25) is 0 Å². The number of piperazine rings is 1. The van der Waals surface area contributed by atoms with Crippen LogP contribution in [0.5, 0.6) is 5.75 Å². The lowest BCUT2D eigenvalue weighted by atomic mass is 10.0. The summed E-state index contributed by atoms with van der Waals surface area (Å²) in [7, 11) is 1.21. The number of rotatable bonds is 9. The number of ether oxygens (including phenoxy) is 1. The van der Waals surface area contributed by atoms with Gasteiger partial charge < -0.3 is 15.2 Å². The van der Waals surface area contributed by atoms with Gasteiger partial charge in [-0.3, -0.25) is 9.69 Å². The molecule has 0 bridgehead atoms. The topological polar surface area (TPSA) is 119 Å². The number of anilines is 1. The van der Waals surface area contributed by atoms with Crippen molar-refractivity contribution in [3.05, 3.63) is 83.4 Å². The van der Waals surface area contributed by atoms with Crippen molar-refractivity contribution in [3.63, 3.8) is 0 Å². The van der Waals surface area contributed by atoms with Crippen LogP contribution in [0.15, 0.2) is 66.7 Å². The molecule has 0 atom stereocenters. The molecule has 1 aliphatic heterocycles. The summed E-state index contributed by atoms with van der Waals surface area (Å²) in [6.45, 7) is 2.89. The quantitative estimate of drug-likeness (QED) is 0.418. The first kappa shape index (κ1) is 28.2. The molecule has 1 heterocycles. The maximum Gasteiger partial charge on any atom is 0.335 e. The number of carboxylic acid groups (broad SMARTS) is 1. The predicted octanol–water partition coefficient (Wildman–Crippen LogP) is 3.24. The van der Waals surface area contributed by atoms with Gasteiger partial charge in [-0.05, 0) is 53.6 Å². The highest BCUT2D eigenvalue weighted by atomic mass is 32.2. The average molecular weight is 553 g/mol. The minimum atomic E-state index is -3.39. The molecule has 0 aliphatic carbocycles. The van der Waals surface area contributed by atoms with Crippen molar-refractivity contribution in [2.75, 3.05) is 52.7 Å². The summed E-state index contributed by atoms with van der Waals surface area (Å²) >= 11 is 0. The first-order valence-corrected chi connectivity index (χ1v) is 13.8. The van der Waals surface area contributed by atoms with Crippen molar-refractivity contribution in [1.29, 1.82) is 0 Å². The first-order valence-electron chi connectivity index (χ1n) is 12.4. The average Bonchev–Trinajstić information content (AvgIpc) is 2.94. The number of hydrogen-bond acceptors (Lipinski definition) is 6. The molecule has 1 amide bonds. The van der Waals surface area contributed by atoms with Crippen molar-refractivity contribution >= 4 is 27.8 Å². The van der Waals surface area contributed by atoms with E-state index in [0.29, 0.717) is 55.3 Å². The summed E-state index contributed by atoms with van der Waals surface area (Å²) in [5, 5.41) is 12.2. The Bertz CT molecular complexity index is 1430. The van der Waals surface area contributed by atoms with Crippen molar-refractivity contribution in [2.24, 2.45) is 0 Å². The third kappa shape index (κ3) is 6.63. The van der Waals surface area contributed by atoms with E-state index in [-0.39, 0.29) is 11.5 Å². The van der Waals surface area contributed by atoms with Crippen molar-refractivity contribution in [3.8, 4) is 16.9 Å². The van der Waals surface area contributed by atoms with Gasteiger partial charge in [0.25, 0.3) is 16.1 Å². The highest BCUT2D eigenvalue weighted by Gasteiger charge is 2.28. The highest BCUT2D eigenvalue weighted by molar-refractivity contribution is 7.86.